The molecule has 5 heteroatoms. The monoisotopic (exact) mass is 312 g/mol. The van der Waals surface area contributed by atoms with Crippen molar-refractivity contribution in [2.45, 2.75) is 6.29 Å². The molecule has 1 heterocycles. The molecule has 0 aliphatic carbocycles. The van der Waals surface area contributed by atoms with E-state index in [9.17, 15) is 5.11 Å². The van der Waals surface area contributed by atoms with Crippen molar-refractivity contribution in [1.82, 2.24) is 0 Å². The van der Waals surface area contributed by atoms with Gasteiger partial charge in [-0.3, -0.25) is 0 Å². The topological polar surface area (TPSA) is 57.2 Å². The third kappa shape index (κ3) is 1.83. The van der Waals surface area contributed by atoms with Crippen molar-refractivity contribution in [1.29, 1.82) is 0 Å². The lowest BCUT2D eigenvalue weighted by molar-refractivity contribution is -0.0570. The number of rotatable bonds is 3. The summed E-state index contributed by atoms with van der Waals surface area (Å²) >= 11 is 0. The SMILES string of the molecule is COc1cc2c3c(ccc4cc(O)c(OC)c(c43)C(OC)O2)c1. The van der Waals surface area contributed by atoms with Crippen LogP contribution in [0.3, 0.4) is 0 Å². The molecule has 0 bridgehead atoms. The van der Waals surface area contributed by atoms with E-state index >= 15 is 0 Å². The molecule has 4 rings (SSSR count). The molecule has 3 aromatic carbocycles. The van der Waals surface area contributed by atoms with E-state index in [-0.39, 0.29) is 5.75 Å². The first-order valence-corrected chi connectivity index (χ1v) is 7.21. The van der Waals surface area contributed by atoms with Crippen molar-refractivity contribution in [3.63, 3.8) is 0 Å². The van der Waals surface area contributed by atoms with E-state index in [2.05, 4.69) is 0 Å². The first kappa shape index (κ1) is 14.0. The molecule has 1 atom stereocenters. The highest BCUT2D eigenvalue weighted by Crippen LogP contribution is 2.50. The highest BCUT2D eigenvalue weighted by molar-refractivity contribution is 6.14. The van der Waals surface area contributed by atoms with Gasteiger partial charge in [-0.1, -0.05) is 12.1 Å². The number of methoxy groups -OCH3 is 3. The summed E-state index contributed by atoms with van der Waals surface area (Å²) in [5.41, 5.74) is 0.702. The van der Waals surface area contributed by atoms with Gasteiger partial charge in [-0.15, -0.1) is 0 Å². The molecule has 5 nitrogen and oxygen atoms in total. The quantitative estimate of drug-likeness (QED) is 0.746. The molecule has 1 unspecified atom stereocenters. The van der Waals surface area contributed by atoms with Gasteiger partial charge in [-0.2, -0.15) is 0 Å². The standard InChI is InChI=1S/C18H16O5/c1-20-11-6-9-4-5-10-7-12(19)17(21-2)16-15(10)14(9)13(8-11)23-18(16)22-3/h4-8,18-19H,1-3H3. The Morgan fingerprint density at radius 3 is 2.35 bits per heavy atom. The number of ether oxygens (including phenoxy) is 4. The molecule has 0 radical (unpaired) electrons. The number of phenols is 1. The number of benzene rings is 3. The summed E-state index contributed by atoms with van der Waals surface area (Å²) in [5.74, 6) is 1.85. The number of hydrogen-bond donors (Lipinski definition) is 1. The van der Waals surface area contributed by atoms with Crippen LogP contribution in [0.25, 0.3) is 21.5 Å². The average molecular weight is 312 g/mol. The van der Waals surface area contributed by atoms with Crippen molar-refractivity contribution in [3.05, 3.63) is 35.9 Å². The summed E-state index contributed by atoms with van der Waals surface area (Å²) < 4.78 is 22.2. The Kier molecular flexibility index (Phi) is 2.99. The number of aromatic hydroxyl groups is 1. The van der Waals surface area contributed by atoms with E-state index in [4.69, 9.17) is 18.9 Å². The predicted octanol–water partition coefficient (Wildman–Crippen LogP) is 3.75. The minimum absolute atomic E-state index is 0.0666. The fourth-order valence-electron chi connectivity index (χ4n) is 3.28. The van der Waals surface area contributed by atoms with Crippen molar-refractivity contribution in [2.75, 3.05) is 21.3 Å². The van der Waals surface area contributed by atoms with Gasteiger partial charge in [0.05, 0.1) is 19.8 Å². The van der Waals surface area contributed by atoms with Gasteiger partial charge in [0.15, 0.2) is 11.5 Å². The molecule has 23 heavy (non-hydrogen) atoms. The third-order valence-electron chi connectivity index (χ3n) is 4.25. The summed E-state index contributed by atoms with van der Waals surface area (Å²) in [7, 11) is 4.71. The lowest BCUT2D eigenvalue weighted by Gasteiger charge is -2.28. The Morgan fingerprint density at radius 1 is 0.957 bits per heavy atom. The Balaban J connectivity index is 2.23. The van der Waals surface area contributed by atoms with Gasteiger partial charge in [0.25, 0.3) is 0 Å². The largest absolute Gasteiger partial charge is 0.504 e. The van der Waals surface area contributed by atoms with Crippen LogP contribution in [-0.4, -0.2) is 26.4 Å². The average Bonchev–Trinajstić information content (AvgIpc) is 2.58. The molecule has 0 aromatic heterocycles. The van der Waals surface area contributed by atoms with Gasteiger partial charge in [-0.05, 0) is 22.9 Å². The first-order valence-electron chi connectivity index (χ1n) is 7.21. The predicted molar refractivity (Wildman–Crippen MR) is 86.6 cm³/mol. The Labute approximate surface area is 132 Å². The molecular formula is C18H16O5. The lowest BCUT2D eigenvalue weighted by Crippen LogP contribution is -2.15. The van der Waals surface area contributed by atoms with E-state index in [1.54, 1.807) is 20.3 Å². The molecule has 118 valence electrons. The third-order valence-corrected chi connectivity index (χ3v) is 4.25. The second-order valence-electron chi connectivity index (χ2n) is 5.42. The molecular weight excluding hydrogens is 296 g/mol. The molecule has 3 aromatic rings. The second kappa shape index (κ2) is 4.93. The van der Waals surface area contributed by atoms with Crippen LogP contribution in [0.4, 0.5) is 0 Å². The van der Waals surface area contributed by atoms with Crippen LogP contribution in [0.5, 0.6) is 23.0 Å². The Hall–Kier alpha value is -2.66. The Morgan fingerprint density at radius 2 is 1.70 bits per heavy atom. The van der Waals surface area contributed by atoms with Crippen LogP contribution in [0.1, 0.15) is 11.9 Å². The van der Waals surface area contributed by atoms with Crippen LogP contribution in [0.15, 0.2) is 30.3 Å². The van der Waals surface area contributed by atoms with Crippen molar-refractivity contribution < 1.29 is 24.1 Å². The highest BCUT2D eigenvalue weighted by atomic mass is 16.7. The van der Waals surface area contributed by atoms with Crippen molar-refractivity contribution >= 4 is 21.5 Å². The van der Waals surface area contributed by atoms with Crippen LogP contribution in [0, 0.1) is 0 Å². The molecule has 0 spiro atoms. The van der Waals surface area contributed by atoms with Gasteiger partial charge >= 0.3 is 0 Å². The van der Waals surface area contributed by atoms with Gasteiger partial charge in [0.2, 0.25) is 6.29 Å². The molecule has 1 aliphatic heterocycles. The van der Waals surface area contributed by atoms with Crippen LogP contribution in [0.2, 0.25) is 0 Å². The van der Waals surface area contributed by atoms with Gasteiger partial charge in [0.1, 0.15) is 11.5 Å². The van der Waals surface area contributed by atoms with Gasteiger partial charge < -0.3 is 24.1 Å². The second-order valence-corrected chi connectivity index (χ2v) is 5.42. The van der Waals surface area contributed by atoms with Crippen LogP contribution in [-0.2, 0) is 4.74 Å². The van der Waals surface area contributed by atoms with E-state index in [1.807, 2.05) is 24.3 Å². The zero-order valence-electron chi connectivity index (χ0n) is 13.0. The molecule has 0 saturated heterocycles. The summed E-state index contributed by atoms with van der Waals surface area (Å²) in [5, 5.41) is 14.1. The summed E-state index contributed by atoms with van der Waals surface area (Å²) in [6, 6.07) is 9.44. The normalized spacial score (nSPS) is 15.9. The van der Waals surface area contributed by atoms with Crippen LogP contribution >= 0.6 is 0 Å². The minimum Gasteiger partial charge on any atom is -0.504 e. The van der Waals surface area contributed by atoms with E-state index in [0.29, 0.717) is 17.1 Å². The fraction of sp³-hybridized carbons (Fsp3) is 0.222. The summed E-state index contributed by atoms with van der Waals surface area (Å²) in [4.78, 5) is 0. The molecule has 0 saturated carbocycles. The van der Waals surface area contributed by atoms with Crippen molar-refractivity contribution in [2.24, 2.45) is 0 Å². The zero-order chi connectivity index (χ0) is 16.1. The maximum absolute atomic E-state index is 10.3. The molecule has 1 N–H and O–H groups in total. The van der Waals surface area contributed by atoms with E-state index in [0.717, 1.165) is 27.3 Å². The number of hydrogen-bond acceptors (Lipinski definition) is 5. The number of phenolic OH excluding ortho intramolecular Hbond substituents is 1. The minimum atomic E-state index is -0.662. The maximum Gasteiger partial charge on any atom is 0.230 e. The van der Waals surface area contributed by atoms with Crippen LogP contribution < -0.4 is 14.2 Å². The first-order chi connectivity index (χ1) is 11.2. The molecule has 0 fully saturated rings. The molecule has 1 aliphatic rings. The summed E-state index contributed by atoms with van der Waals surface area (Å²) in [6.45, 7) is 0. The fourth-order valence-corrected chi connectivity index (χ4v) is 3.28. The maximum atomic E-state index is 10.3. The van der Waals surface area contributed by atoms with Gasteiger partial charge in [-0.25, -0.2) is 0 Å². The molecule has 0 amide bonds. The van der Waals surface area contributed by atoms with E-state index < -0.39 is 6.29 Å². The lowest BCUT2D eigenvalue weighted by atomic mass is 9.93. The zero-order valence-corrected chi connectivity index (χ0v) is 13.0. The van der Waals surface area contributed by atoms with E-state index in [1.165, 1.54) is 7.11 Å². The van der Waals surface area contributed by atoms with Crippen molar-refractivity contribution in [3.8, 4) is 23.0 Å². The van der Waals surface area contributed by atoms with Gasteiger partial charge in [0, 0.05) is 23.9 Å². The summed E-state index contributed by atoms with van der Waals surface area (Å²) in [6.07, 6.45) is -0.662. The highest BCUT2D eigenvalue weighted by Gasteiger charge is 2.30. The Bertz CT molecular complexity index is 932. The smallest absolute Gasteiger partial charge is 0.230 e.